The highest BCUT2D eigenvalue weighted by atomic mass is 28.4. The lowest BCUT2D eigenvalue weighted by Gasteiger charge is -2.36. The first-order valence-electron chi connectivity index (χ1n) is 7.34. The molecular formula is C14H26F3NOSi. The molecule has 2 aliphatic rings. The number of fused-ring (bicyclic) bond motifs is 1. The molecule has 0 amide bonds. The number of piperidine rings is 1. The first kappa shape index (κ1) is 16.3. The van der Waals surface area contributed by atoms with Crippen LogP contribution in [0.2, 0.25) is 18.1 Å². The molecular weight excluding hydrogens is 283 g/mol. The predicted octanol–water partition coefficient (Wildman–Crippen LogP) is 3.75. The van der Waals surface area contributed by atoms with Gasteiger partial charge in [0.05, 0.1) is 6.54 Å². The third-order valence-corrected chi connectivity index (χ3v) is 9.79. The molecule has 1 saturated carbocycles. The first-order chi connectivity index (χ1) is 8.91. The average Bonchev–Trinajstić information content (AvgIpc) is 2.65. The van der Waals surface area contributed by atoms with Gasteiger partial charge in [0.2, 0.25) is 0 Å². The van der Waals surface area contributed by atoms with Crippen LogP contribution in [0.15, 0.2) is 0 Å². The molecule has 2 nitrogen and oxygen atoms in total. The number of nitrogens with zero attached hydrogens (tertiary/aromatic N) is 1. The molecule has 0 aromatic carbocycles. The van der Waals surface area contributed by atoms with Crippen molar-refractivity contribution < 1.29 is 17.6 Å². The van der Waals surface area contributed by atoms with Gasteiger partial charge in [0.1, 0.15) is 0 Å². The van der Waals surface area contributed by atoms with Crippen LogP contribution in [0.25, 0.3) is 0 Å². The van der Waals surface area contributed by atoms with Crippen LogP contribution in [0.4, 0.5) is 13.2 Å². The van der Waals surface area contributed by atoms with Gasteiger partial charge in [-0.2, -0.15) is 13.2 Å². The molecule has 0 radical (unpaired) electrons. The summed E-state index contributed by atoms with van der Waals surface area (Å²) in [6, 6.07) is 0. The smallest absolute Gasteiger partial charge is 0.401 e. The van der Waals surface area contributed by atoms with Gasteiger partial charge in [0.15, 0.2) is 8.32 Å². The summed E-state index contributed by atoms with van der Waals surface area (Å²) in [6.45, 7) is 12.2. The molecule has 2 rings (SSSR count). The van der Waals surface area contributed by atoms with Crippen LogP contribution in [-0.2, 0) is 4.43 Å². The molecule has 0 bridgehead atoms. The maximum Gasteiger partial charge on any atom is 0.401 e. The van der Waals surface area contributed by atoms with E-state index in [0.717, 1.165) is 6.61 Å². The van der Waals surface area contributed by atoms with Crippen molar-refractivity contribution in [2.24, 2.45) is 17.8 Å². The molecule has 0 aromatic rings. The number of likely N-dealkylation sites (tertiary alicyclic amines) is 1. The number of hydrogen-bond acceptors (Lipinski definition) is 2. The highest BCUT2D eigenvalue weighted by Crippen LogP contribution is 2.52. The van der Waals surface area contributed by atoms with Crippen LogP contribution >= 0.6 is 0 Å². The molecule has 0 spiro atoms. The number of halogens is 3. The third kappa shape index (κ3) is 3.57. The molecule has 20 heavy (non-hydrogen) atoms. The highest BCUT2D eigenvalue weighted by molar-refractivity contribution is 6.74. The third-order valence-electron chi connectivity index (χ3n) is 5.29. The largest absolute Gasteiger partial charge is 0.417 e. The molecule has 1 aliphatic carbocycles. The number of rotatable bonds is 4. The van der Waals surface area contributed by atoms with Gasteiger partial charge in [-0.25, -0.2) is 0 Å². The summed E-state index contributed by atoms with van der Waals surface area (Å²) >= 11 is 0. The minimum atomic E-state index is -4.07. The average molecular weight is 309 g/mol. The van der Waals surface area contributed by atoms with E-state index in [1.165, 1.54) is 4.90 Å². The van der Waals surface area contributed by atoms with E-state index in [9.17, 15) is 13.2 Å². The summed E-state index contributed by atoms with van der Waals surface area (Å²) in [5, 5.41) is 0.194. The van der Waals surface area contributed by atoms with Gasteiger partial charge in [-0.05, 0) is 35.9 Å². The van der Waals surface area contributed by atoms with Crippen LogP contribution in [0, 0.1) is 17.8 Å². The van der Waals surface area contributed by atoms with E-state index in [1.807, 2.05) is 0 Å². The van der Waals surface area contributed by atoms with Gasteiger partial charge in [-0.3, -0.25) is 4.90 Å². The number of hydrogen-bond donors (Lipinski definition) is 0. The van der Waals surface area contributed by atoms with E-state index in [0.29, 0.717) is 30.8 Å². The fourth-order valence-corrected chi connectivity index (χ4v) is 3.93. The van der Waals surface area contributed by atoms with Crippen molar-refractivity contribution >= 4 is 8.32 Å². The molecule has 1 unspecified atom stereocenters. The maximum absolute atomic E-state index is 12.3. The van der Waals surface area contributed by atoms with E-state index < -0.39 is 21.0 Å². The fraction of sp³-hybridized carbons (Fsp3) is 1.00. The number of alkyl halides is 3. The van der Waals surface area contributed by atoms with E-state index in [4.69, 9.17) is 4.43 Å². The topological polar surface area (TPSA) is 12.5 Å². The molecule has 0 aromatic heterocycles. The summed E-state index contributed by atoms with van der Waals surface area (Å²) in [5.74, 6) is 1.36. The van der Waals surface area contributed by atoms with Gasteiger partial charge in [-0.15, -0.1) is 0 Å². The molecule has 1 aliphatic heterocycles. The predicted molar refractivity (Wildman–Crippen MR) is 76.1 cm³/mol. The Labute approximate surface area is 120 Å². The zero-order valence-electron chi connectivity index (χ0n) is 13.0. The Kier molecular flexibility index (Phi) is 4.06. The minimum Gasteiger partial charge on any atom is -0.417 e. The summed E-state index contributed by atoms with van der Waals surface area (Å²) in [6.07, 6.45) is -4.07. The Balaban J connectivity index is 1.74. The quantitative estimate of drug-likeness (QED) is 0.733. The Morgan fingerprint density at radius 1 is 1.10 bits per heavy atom. The Hall–Kier alpha value is -0.0731. The normalized spacial score (nSPS) is 31.5. The lowest BCUT2D eigenvalue weighted by Crippen LogP contribution is -2.42. The van der Waals surface area contributed by atoms with Crippen molar-refractivity contribution in [2.75, 3.05) is 26.2 Å². The van der Waals surface area contributed by atoms with Crippen molar-refractivity contribution in [1.82, 2.24) is 4.90 Å². The van der Waals surface area contributed by atoms with Gasteiger partial charge in [0.25, 0.3) is 0 Å². The van der Waals surface area contributed by atoms with Crippen LogP contribution < -0.4 is 0 Å². The summed E-state index contributed by atoms with van der Waals surface area (Å²) in [7, 11) is -1.72. The van der Waals surface area contributed by atoms with Crippen molar-refractivity contribution in [1.29, 1.82) is 0 Å². The second-order valence-corrected chi connectivity index (χ2v) is 12.7. The van der Waals surface area contributed by atoms with Crippen molar-refractivity contribution in [3.8, 4) is 0 Å². The van der Waals surface area contributed by atoms with Crippen LogP contribution in [0.5, 0.6) is 0 Å². The standard InChI is InChI=1S/C14H26F3NOSi/c1-13(2,3)20(4,5)19-8-12-10-6-18(7-11(10)12)9-14(15,16)17/h10-12H,6-9H2,1-5H3/t10-,11+,12?. The molecule has 6 heteroatoms. The fourth-order valence-electron chi connectivity index (χ4n) is 2.89. The van der Waals surface area contributed by atoms with Crippen LogP contribution in [-0.4, -0.2) is 45.6 Å². The monoisotopic (exact) mass is 309 g/mol. The highest BCUT2D eigenvalue weighted by Gasteiger charge is 2.57. The molecule has 3 atom stereocenters. The molecule has 1 heterocycles. The lowest BCUT2D eigenvalue weighted by atomic mass is 10.2. The van der Waals surface area contributed by atoms with Crippen molar-refractivity contribution in [3.05, 3.63) is 0 Å². The lowest BCUT2D eigenvalue weighted by molar-refractivity contribution is -0.145. The van der Waals surface area contributed by atoms with Gasteiger partial charge >= 0.3 is 6.18 Å². The summed E-state index contributed by atoms with van der Waals surface area (Å²) in [5.41, 5.74) is 0. The first-order valence-corrected chi connectivity index (χ1v) is 10.2. The van der Waals surface area contributed by atoms with Crippen LogP contribution in [0.1, 0.15) is 20.8 Å². The van der Waals surface area contributed by atoms with E-state index in [-0.39, 0.29) is 5.04 Å². The van der Waals surface area contributed by atoms with Gasteiger partial charge in [-0.1, -0.05) is 20.8 Å². The Morgan fingerprint density at radius 3 is 2.00 bits per heavy atom. The zero-order chi connectivity index (χ0) is 15.3. The minimum absolute atomic E-state index is 0.194. The van der Waals surface area contributed by atoms with E-state index >= 15 is 0 Å². The van der Waals surface area contributed by atoms with Crippen molar-refractivity contribution in [2.45, 2.75) is 45.1 Å². The van der Waals surface area contributed by atoms with E-state index in [2.05, 4.69) is 33.9 Å². The maximum atomic E-state index is 12.3. The zero-order valence-corrected chi connectivity index (χ0v) is 14.0. The molecule has 0 N–H and O–H groups in total. The van der Waals surface area contributed by atoms with Crippen molar-refractivity contribution in [3.63, 3.8) is 0 Å². The molecule has 1 saturated heterocycles. The molecule has 2 fully saturated rings. The van der Waals surface area contributed by atoms with E-state index in [1.54, 1.807) is 0 Å². The Morgan fingerprint density at radius 2 is 1.60 bits per heavy atom. The summed E-state index contributed by atoms with van der Waals surface area (Å²) in [4.78, 5) is 1.54. The Bertz CT molecular complexity index is 352. The SMILES string of the molecule is CC(C)(C)[Si](C)(C)OCC1[C@H]2CN(CC(F)(F)F)C[C@@H]12. The van der Waals surface area contributed by atoms with Crippen LogP contribution in [0.3, 0.4) is 0 Å². The van der Waals surface area contributed by atoms with Gasteiger partial charge in [0, 0.05) is 19.7 Å². The second-order valence-electron chi connectivity index (χ2n) is 7.87. The summed E-state index contributed by atoms with van der Waals surface area (Å²) < 4.78 is 43.2. The van der Waals surface area contributed by atoms with Gasteiger partial charge < -0.3 is 4.43 Å². The second kappa shape index (κ2) is 4.99. The molecule has 118 valence electrons.